The van der Waals surface area contributed by atoms with Gasteiger partial charge in [0.25, 0.3) is 0 Å². The van der Waals surface area contributed by atoms with Crippen LogP contribution in [0.3, 0.4) is 0 Å². The van der Waals surface area contributed by atoms with Gasteiger partial charge in [-0.2, -0.15) is 0 Å². The van der Waals surface area contributed by atoms with Crippen molar-refractivity contribution >= 4 is 27.8 Å². The first kappa shape index (κ1) is 27.7. The first-order valence-electron chi connectivity index (χ1n) is 17.5. The molecule has 3 atom stereocenters. The molecule has 3 aliphatic rings. The zero-order valence-electron chi connectivity index (χ0n) is 27.0. The number of fused-ring (bicyclic) bond motifs is 9. The molecule has 2 saturated carbocycles. The smallest absolute Gasteiger partial charge is 0.0543 e. The molecule has 0 heterocycles. The van der Waals surface area contributed by atoms with E-state index in [0.29, 0.717) is 0 Å². The van der Waals surface area contributed by atoms with Crippen LogP contribution < -0.4 is 4.90 Å². The molecule has 2 bridgehead atoms. The van der Waals surface area contributed by atoms with Crippen LogP contribution in [-0.4, -0.2) is 0 Å². The topological polar surface area (TPSA) is 3.24 Å². The normalized spacial score (nSPS) is 20.2. The van der Waals surface area contributed by atoms with Crippen molar-refractivity contribution in [1.29, 1.82) is 0 Å². The van der Waals surface area contributed by atoms with Crippen molar-refractivity contribution in [2.24, 2.45) is 11.8 Å². The lowest BCUT2D eigenvalue weighted by atomic mass is 9.67. The van der Waals surface area contributed by atoms with Crippen LogP contribution in [0.5, 0.6) is 0 Å². The van der Waals surface area contributed by atoms with Crippen LogP contribution >= 0.6 is 0 Å². The molecular formula is C47H37N. The molecule has 3 aliphatic carbocycles. The van der Waals surface area contributed by atoms with E-state index in [9.17, 15) is 0 Å². The van der Waals surface area contributed by atoms with Gasteiger partial charge in [-0.1, -0.05) is 134 Å². The molecule has 0 saturated heterocycles. The minimum atomic E-state index is 0.146. The molecule has 230 valence electrons. The number of benzene rings is 7. The van der Waals surface area contributed by atoms with E-state index >= 15 is 0 Å². The Labute approximate surface area is 283 Å². The van der Waals surface area contributed by atoms with Crippen LogP contribution in [0.4, 0.5) is 17.1 Å². The quantitative estimate of drug-likeness (QED) is 0.186. The Bertz CT molecular complexity index is 2300. The highest BCUT2D eigenvalue weighted by Crippen LogP contribution is 2.67. The fraction of sp³-hybridized carbons (Fsp3) is 0.149. The second-order valence-electron chi connectivity index (χ2n) is 14.2. The number of hydrogen-bond donors (Lipinski definition) is 0. The van der Waals surface area contributed by atoms with E-state index < -0.39 is 0 Å². The monoisotopic (exact) mass is 615 g/mol. The molecule has 0 radical (unpaired) electrons. The van der Waals surface area contributed by atoms with Crippen molar-refractivity contribution < 1.29 is 0 Å². The highest BCUT2D eigenvalue weighted by atomic mass is 15.1. The third-order valence-corrected chi connectivity index (χ3v) is 11.7. The summed E-state index contributed by atoms with van der Waals surface area (Å²) >= 11 is 0. The Balaban J connectivity index is 1.14. The maximum absolute atomic E-state index is 2.50. The SMILES string of the molecule is c1ccc(-c2ccc(N(c3ccc(-c4ccc5ccccc5c4)cc3)c3cccc4c3-c3ccccc3C43CC4CCC3C4)cc2)cc1. The van der Waals surface area contributed by atoms with Crippen molar-refractivity contribution in [3.8, 4) is 33.4 Å². The van der Waals surface area contributed by atoms with Crippen LogP contribution in [0.15, 0.2) is 164 Å². The molecule has 1 heteroatoms. The van der Waals surface area contributed by atoms with Crippen molar-refractivity contribution in [3.05, 3.63) is 175 Å². The Morgan fingerprint density at radius 3 is 1.83 bits per heavy atom. The predicted molar refractivity (Wildman–Crippen MR) is 201 cm³/mol. The van der Waals surface area contributed by atoms with E-state index in [4.69, 9.17) is 0 Å². The highest BCUT2D eigenvalue weighted by Gasteiger charge is 2.57. The highest BCUT2D eigenvalue weighted by molar-refractivity contribution is 5.96. The van der Waals surface area contributed by atoms with E-state index in [1.54, 1.807) is 11.1 Å². The first-order chi connectivity index (χ1) is 23.8. The van der Waals surface area contributed by atoms with Gasteiger partial charge in [0, 0.05) is 22.4 Å². The van der Waals surface area contributed by atoms with E-state index in [0.717, 1.165) is 11.8 Å². The van der Waals surface area contributed by atoms with Gasteiger partial charge in [-0.15, -0.1) is 0 Å². The zero-order chi connectivity index (χ0) is 31.7. The van der Waals surface area contributed by atoms with Crippen LogP contribution in [0, 0.1) is 11.8 Å². The van der Waals surface area contributed by atoms with Crippen molar-refractivity contribution in [2.75, 3.05) is 4.90 Å². The van der Waals surface area contributed by atoms with Gasteiger partial charge in [-0.3, -0.25) is 0 Å². The first-order valence-corrected chi connectivity index (χ1v) is 17.5. The lowest BCUT2D eigenvalue weighted by Gasteiger charge is -2.37. The number of rotatable bonds is 5. The van der Waals surface area contributed by atoms with E-state index in [1.807, 2.05) is 0 Å². The summed E-state index contributed by atoms with van der Waals surface area (Å²) in [6.07, 6.45) is 5.41. The third-order valence-electron chi connectivity index (χ3n) is 11.7. The summed E-state index contributed by atoms with van der Waals surface area (Å²) in [6.45, 7) is 0. The lowest BCUT2D eigenvalue weighted by Crippen LogP contribution is -2.31. The van der Waals surface area contributed by atoms with Crippen LogP contribution in [0.1, 0.15) is 36.8 Å². The molecule has 0 aromatic heterocycles. The average molecular weight is 616 g/mol. The van der Waals surface area contributed by atoms with Crippen molar-refractivity contribution in [3.63, 3.8) is 0 Å². The molecule has 2 fully saturated rings. The molecule has 3 unspecified atom stereocenters. The van der Waals surface area contributed by atoms with Crippen LogP contribution in [0.2, 0.25) is 0 Å². The van der Waals surface area contributed by atoms with E-state index in [-0.39, 0.29) is 5.41 Å². The number of hydrogen-bond acceptors (Lipinski definition) is 1. The summed E-state index contributed by atoms with van der Waals surface area (Å²) < 4.78 is 0. The summed E-state index contributed by atoms with van der Waals surface area (Å²) in [5.41, 5.74) is 14.7. The maximum Gasteiger partial charge on any atom is 0.0543 e. The molecule has 0 N–H and O–H groups in total. The Morgan fingerprint density at radius 1 is 0.479 bits per heavy atom. The van der Waals surface area contributed by atoms with Crippen LogP contribution in [-0.2, 0) is 5.41 Å². The molecule has 0 aliphatic heterocycles. The average Bonchev–Trinajstić information content (AvgIpc) is 3.86. The minimum Gasteiger partial charge on any atom is -0.310 e. The summed E-state index contributed by atoms with van der Waals surface area (Å²) in [6, 6.07) is 60.9. The standard InChI is InChI=1S/C47H37N/c1-2-9-33(10-3-1)35-20-25-40(26-21-35)48(41-27-22-36(23-28-41)38-19-18-34-11-4-5-12-37(34)30-38)45-16-8-15-44-46(45)42-13-6-7-14-43(42)47(44)31-32-17-24-39(47)29-32/h1-16,18-23,25-28,30,32,39H,17,24,29,31H2. The molecule has 10 rings (SSSR count). The van der Waals surface area contributed by atoms with Gasteiger partial charge in [0.05, 0.1) is 5.69 Å². The molecule has 1 nitrogen and oxygen atoms in total. The van der Waals surface area contributed by atoms with Crippen molar-refractivity contribution in [1.82, 2.24) is 0 Å². The van der Waals surface area contributed by atoms with Gasteiger partial charge >= 0.3 is 0 Å². The summed E-state index contributed by atoms with van der Waals surface area (Å²) in [5.74, 6) is 1.59. The molecule has 0 amide bonds. The molecule has 1 spiro atoms. The number of anilines is 3. The maximum atomic E-state index is 2.50. The second kappa shape index (κ2) is 10.8. The minimum absolute atomic E-state index is 0.146. The molecular weight excluding hydrogens is 579 g/mol. The Morgan fingerprint density at radius 2 is 1.10 bits per heavy atom. The van der Waals surface area contributed by atoms with E-state index in [2.05, 4.69) is 169 Å². The number of nitrogens with zero attached hydrogens (tertiary/aromatic N) is 1. The fourth-order valence-electron chi connectivity index (χ4n) is 9.64. The van der Waals surface area contributed by atoms with Gasteiger partial charge in [0.15, 0.2) is 0 Å². The third kappa shape index (κ3) is 4.17. The van der Waals surface area contributed by atoms with E-state index in [1.165, 1.54) is 86.9 Å². The predicted octanol–water partition coefficient (Wildman–Crippen LogP) is 12.7. The summed E-state index contributed by atoms with van der Waals surface area (Å²) in [5, 5.41) is 2.54. The van der Waals surface area contributed by atoms with Gasteiger partial charge in [0.2, 0.25) is 0 Å². The van der Waals surface area contributed by atoms with Crippen LogP contribution in [0.25, 0.3) is 44.2 Å². The Hall–Kier alpha value is -5.40. The largest absolute Gasteiger partial charge is 0.310 e. The molecule has 7 aromatic carbocycles. The molecule has 48 heavy (non-hydrogen) atoms. The molecule has 7 aromatic rings. The zero-order valence-corrected chi connectivity index (χ0v) is 27.0. The van der Waals surface area contributed by atoms with Gasteiger partial charge in [-0.25, -0.2) is 0 Å². The van der Waals surface area contributed by atoms with Crippen molar-refractivity contribution in [2.45, 2.75) is 31.1 Å². The fourth-order valence-corrected chi connectivity index (χ4v) is 9.64. The van der Waals surface area contributed by atoms with Gasteiger partial charge < -0.3 is 4.90 Å². The van der Waals surface area contributed by atoms with Gasteiger partial charge in [-0.05, 0) is 117 Å². The summed E-state index contributed by atoms with van der Waals surface area (Å²) in [7, 11) is 0. The second-order valence-corrected chi connectivity index (χ2v) is 14.2. The lowest BCUT2D eigenvalue weighted by molar-refractivity contribution is 0.327. The Kier molecular flexibility index (Phi) is 6.24. The van der Waals surface area contributed by atoms with Gasteiger partial charge in [0.1, 0.15) is 0 Å². The summed E-state index contributed by atoms with van der Waals surface area (Å²) in [4.78, 5) is 2.50.